The lowest BCUT2D eigenvalue weighted by molar-refractivity contribution is 0.132. The van der Waals surface area contributed by atoms with E-state index >= 15 is 0 Å². The van der Waals surface area contributed by atoms with Crippen molar-refractivity contribution in [2.24, 2.45) is 0 Å². The molecule has 0 spiro atoms. The fraction of sp³-hybridized carbons (Fsp3) is 0.625. The smallest absolute Gasteiger partial charge is 0.229 e. The van der Waals surface area contributed by atoms with Gasteiger partial charge in [-0.3, -0.25) is 0 Å². The summed E-state index contributed by atoms with van der Waals surface area (Å²) in [5.74, 6) is 0.289. The molecule has 1 atom stereocenters. The predicted octanol–water partition coefficient (Wildman–Crippen LogP) is 0.678. The highest BCUT2D eigenvalue weighted by atomic mass is 35.5. The van der Waals surface area contributed by atoms with Gasteiger partial charge in [-0.05, 0) is 32.4 Å². The molecular formula is C8H14ClN5O. The van der Waals surface area contributed by atoms with Crippen LogP contribution < -0.4 is 11.1 Å². The molecule has 7 heteroatoms. The summed E-state index contributed by atoms with van der Waals surface area (Å²) < 4.78 is 0. The van der Waals surface area contributed by atoms with Crippen LogP contribution in [0.5, 0.6) is 0 Å². The quantitative estimate of drug-likeness (QED) is 0.708. The number of nitrogens with two attached hydrogens (primary N) is 1. The molecule has 0 amide bonds. The van der Waals surface area contributed by atoms with Crippen molar-refractivity contribution in [3.8, 4) is 0 Å². The summed E-state index contributed by atoms with van der Waals surface area (Å²) in [6.07, 6.45) is -0.575. The van der Waals surface area contributed by atoms with Crippen molar-refractivity contribution in [1.82, 2.24) is 15.0 Å². The highest BCUT2D eigenvalue weighted by Crippen LogP contribution is 2.16. The van der Waals surface area contributed by atoms with Crippen LogP contribution in [0.4, 0.5) is 11.9 Å². The third-order valence-corrected chi connectivity index (χ3v) is 2.27. The predicted molar refractivity (Wildman–Crippen MR) is 58.6 cm³/mol. The molecular weight excluding hydrogens is 218 g/mol. The Morgan fingerprint density at radius 3 is 2.47 bits per heavy atom. The molecule has 0 saturated carbocycles. The maximum Gasteiger partial charge on any atom is 0.229 e. The van der Waals surface area contributed by atoms with E-state index in [-0.39, 0.29) is 17.2 Å². The van der Waals surface area contributed by atoms with E-state index in [0.29, 0.717) is 0 Å². The lowest BCUT2D eigenvalue weighted by Crippen LogP contribution is -2.42. The number of nitrogen functional groups attached to an aromatic ring is 1. The van der Waals surface area contributed by atoms with Crippen LogP contribution in [0.3, 0.4) is 0 Å². The molecule has 0 aliphatic carbocycles. The maximum atomic E-state index is 9.48. The minimum atomic E-state index is -0.575. The third kappa shape index (κ3) is 3.17. The molecule has 0 bridgehead atoms. The van der Waals surface area contributed by atoms with Crippen molar-refractivity contribution >= 4 is 23.5 Å². The first kappa shape index (κ1) is 11.9. The Balaban J connectivity index is 2.89. The van der Waals surface area contributed by atoms with Gasteiger partial charge in [-0.2, -0.15) is 15.0 Å². The van der Waals surface area contributed by atoms with Gasteiger partial charge in [0.05, 0.1) is 11.6 Å². The Kier molecular flexibility index (Phi) is 3.31. The molecule has 15 heavy (non-hydrogen) atoms. The number of aliphatic hydroxyl groups excluding tert-OH is 1. The molecule has 84 valence electrons. The first-order chi connectivity index (χ1) is 6.81. The van der Waals surface area contributed by atoms with E-state index < -0.39 is 11.6 Å². The van der Waals surface area contributed by atoms with Crippen LogP contribution in [0.25, 0.3) is 0 Å². The van der Waals surface area contributed by atoms with Crippen LogP contribution in [-0.2, 0) is 0 Å². The second-order valence-electron chi connectivity index (χ2n) is 3.81. The van der Waals surface area contributed by atoms with Crippen molar-refractivity contribution in [3.63, 3.8) is 0 Å². The number of nitrogens with zero attached hydrogens (tertiary/aromatic N) is 3. The first-order valence-corrected chi connectivity index (χ1v) is 4.82. The van der Waals surface area contributed by atoms with E-state index in [9.17, 15) is 5.11 Å². The largest absolute Gasteiger partial charge is 0.391 e. The fourth-order valence-corrected chi connectivity index (χ4v) is 0.981. The Hall–Kier alpha value is -1.14. The zero-order chi connectivity index (χ0) is 11.6. The minimum absolute atomic E-state index is 0.0198. The Bertz CT molecular complexity index is 335. The number of nitrogens with one attached hydrogen (secondary N) is 1. The molecule has 1 rings (SSSR count). The summed E-state index contributed by atoms with van der Waals surface area (Å²) >= 11 is 5.61. The van der Waals surface area contributed by atoms with E-state index in [0.717, 1.165) is 0 Å². The SMILES string of the molecule is CC(O)C(C)(C)Nc1nc(N)nc(Cl)n1. The molecule has 0 aromatic carbocycles. The standard InChI is InChI=1S/C8H14ClN5O/c1-4(15)8(2,3)14-7-12-5(9)11-6(10)13-7/h4,15H,1-3H3,(H3,10,11,12,13,14). The third-order valence-electron chi connectivity index (χ3n) is 2.10. The summed E-state index contributed by atoms with van der Waals surface area (Å²) in [4.78, 5) is 11.3. The van der Waals surface area contributed by atoms with Gasteiger partial charge in [-0.15, -0.1) is 0 Å². The van der Waals surface area contributed by atoms with E-state index in [1.54, 1.807) is 6.92 Å². The van der Waals surface area contributed by atoms with Gasteiger partial charge in [-0.1, -0.05) is 0 Å². The molecule has 1 heterocycles. The zero-order valence-electron chi connectivity index (χ0n) is 8.82. The van der Waals surface area contributed by atoms with Crippen molar-refractivity contribution in [1.29, 1.82) is 0 Å². The highest BCUT2D eigenvalue weighted by Gasteiger charge is 2.25. The number of rotatable bonds is 3. The van der Waals surface area contributed by atoms with Gasteiger partial charge in [0.1, 0.15) is 0 Å². The lowest BCUT2D eigenvalue weighted by Gasteiger charge is -2.29. The monoisotopic (exact) mass is 231 g/mol. The number of halogens is 1. The average Bonchev–Trinajstić information content (AvgIpc) is 1.99. The van der Waals surface area contributed by atoms with Gasteiger partial charge in [0.25, 0.3) is 0 Å². The van der Waals surface area contributed by atoms with Crippen LogP contribution in [0, 0.1) is 0 Å². The number of hydrogen-bond acceptors (Lipinski definition) is 6. The molecule has 0 radical (unpaired) electrons. The first-order valence-electron chi connectivity index (χ1n) is 4.44. The topological polar surface area (TPSA) is 97.0 Å². The Morgan fingerprint density at radius 2 is 2.00 bits per heavy atom. The molecule has 1 unspecified atom stereocenters. The number of aliphatic hydroxyl groups is 1. The second-order valence-corrected chi connectivity index (χ2v) is 4.15. The van der Waals surface area contributed by atoms with Gasteiger partial charge in [0.15, 0.2) is 0 Å². The minimum Gasteiger partial charge on any atom is -0.391 e. The maximum absolute atomic E-state index is 9.48. The lowest BCUT2D eigenvalue weighted by atomic mass is 9.99. The highest BCUT2D eigenvalue weighted by molar-refractivity contribution is 6.28. The zero-order valence-corrected chi connectivity index (χ0v) is 9.58. The molecule has 0 aliphatic rings. The number of hydrogen-bond donors (Lipinski definition) is 3. The summed E-state index contributed by atoms with van der Waals surface area (Å²) in [6.45, 7) is 5.29. The molecule has 6 nitrogen and oxygen atoms in total. The normalized spacial score (nSPS) is 13.7. The van der Waals surface area contributed by atoms with Crippen LogP contribution >= 0.6 is 11.6 Å². The van der Waals surface area contributed by atoms with Crippen molar-refractivity contribution in [2.75, 3.05) is 11.1 Å². The van der Waals surface area contributed by atoms with E-state index in [1.165, 1.54) is 0 Å². The summed E-state index contributed by atoms with van der Waals surface area (Å²) in [5, 5.41) is 12.4. The van der Waals surface area contributed by atoms with Gasteiger partial charge < -0.3 is 16.2 Å². The Labute approximate surface area is 92.9 Å². The van der Waals surface area contributed by atoms with Crippen LogP contribution in [0.15, 0.2) is 0 Å². The van der Waals surface area contributed by atoms with Crippen molar-refractivity contribution < 1.29 is 5.11 Å². The number of anilines is 2. The molecule has 0 aliphatic heterocycles. The molecule has 1 aromatic heterocycles. The van der Waals surface area contributed by atoms with Gasteiger partial charge in [0.2, 0.25) is 17.2 Å². The Morgan fingerprint density at radius 1 is 1.40 bits per heavy atom. The van der Waals surface area contributed by atoms with Crippen molar-refractivity contribution in [3.05, 3.63) is 5.28 Å². The molecule has 0 fully saturated rings. The van der Waals surface area contributed by atoms with Crippen LogP contribution in [0.2, 0.25) is 5.28 Å². The summed E-state index contributed by atoms with van der Waals surface area (Å²) in [6, 6.07) is 0. The van der Waals surface area contributed by atoms with E-state index in [2.05, 4.69) is 20.3 Å². The molecule has 1 aromatic rings. The van der Waals surface area contributed by atoms with E-state index in [1.807, 2.05) is 13.8 Å². The molecule has 0 saturated heterocycles. The number of aromatic nitrogens is 3. The second kappa shape index (κ2) is 4.16. The molecule has 4 N–H and O–H groups in total. The fourth-order valence-electron chi connectivity index (χ4n) is 0.814. The van der Waals surface area contributed by atoms with Gasteiger partial charge >= 0.3 is 0 Å². The van der Waals surface area contributed by atoms with Crippen LogP contribution in [-0.4, -0.2) is 31.7 Å². The van der Waals surface area contributed by atoms with Gasteiger partial charge in [-0.25, -0.2) is 0 Å². The van der Waals surface area contributed by atoms with E-state index in [4.69, 9.17) is 17.3 Å². The van der Waals surface area contributed by atoms with Crippen LogP contribution in [0.1, 0.15) is 20.8 Å². The average molecular weight is 232 g/mol. The van der Waals surface area contributed by atoms with Crippen molar-refractivity contribution in [2.45, 2.75) is 32.4 Å². The summed E-state index contributed by atoms with van der Waals surface area (Å²) in [7, 11) is 0. The van der Waals surface area contributed by atoms with Gasteiger partial charge in [0, 0.05) is 0 Å². The summed E-state index contributed by atoms with van der Waals surface area (Å²) in [5.41, 5.74) is 4.83.